The van der Waals surface area contributed by atoms with Crippen LogP contribution in [0.15, 0.2) is 18.2 Å². The number of hydrogen-bond donors (Lipinski definition) is 1. The lowest BCUT2D eigenvalue weighted by Crippen LogP contribution is -2.25. The number of rotatable bonds is 4. The molecule has 1 aromatic carbocycles. The molecule has 0 spiro atoms. The number of anilines is 1. The Kier molecular flexibility index (Phi) is 4.18. The highest BCUT2D eigenvalue weighted by Crippen LogP contribution is 2.25. The molecule has 0 unspecified atom stereocenters. The standard InChI is InChI=1S/C11H16N2O4S/c1-12-11(14)9-7-8(5-6-10(9)17-3)13(2)18(4,15)16/h5-7H,1-4H3,(H,12,14). The number of carbonyl (C=O) groups is 1. The minimum absolute atomic E-state index is 0.285. The number of methoxy groups -OCH3 is 1. The fourth-order valence-electron chi connectivity index (χ4n) is 1.40. The van der Waals surface area contributed by atoms with Gasteiger partial charge in [0.05, 0.1) is 24.6 Å². The first-order chi connectivity index (χ1) is 8.31. The number of carbonyl (C=O) groups excluding carboxylic acids is 1. The Morgan fingerprint density at radius 3 is 2.44 bits per heavy atom. The molecule has 0 aliphatic carbocycles. The van der Waals surface area contributed by atoms with Gasteiger partial charge in [-0.15, -0.1) is 0 Å². The summed E-state index contributed by atoms with van der Waals surface area (Å²) >= 11 is 0. The average Bonchev–Trinajstić information content (AvgIpc) is 2.35. The SMILES string of the molecule is CNC(=O)c1cc(N(C)S(C)(=O)=O)ccc1OC. The number of benzene rings is 1. The molecular formula is C11H16N2O4S. The van der Waals surface area contributed by atoms with Gasteiger partial charge in [-0.1, -0.05) is 0 Å². The lowest BCUT2D eigenvalue weighted by molar-refractivity contribution is 0.0960. The Morgan fingerprint density at radius 1 is 1.39 bits per heavy atom. The van der Waals surface area contributed by atoms with Crippen molar-refractivity contribution in [2.24, 2.45) is 0 Å². The van der Waals surface area contributed by atoms with Gasteiger partial charge < -0.3 is 10.1 Å². The van der Waals surface area contributed by atoms with E-state index in [1.807, 2.05) is 0 Å². The van der Waals surface area contributed by atoms with E-state index in [1.54, 1.807) is 12.1 Å². The summed E-state index contributed by atoms with van der Waals surface area (Å²) in [5.41, 5.74) is 0.685. The van der Waals surface area contributed by atoms with Gasteiger partial charge in [0.2, 0.25) is 10.0 Å². The first-order valence-corrected chi connectivity index (χ1v) is 7.00. The lowest BCUT2D eigenvalue weighted by Gasteiger charge is -2.18. The van der Waals surface area contributed by atoms with Crippen LogP contribution in [0.4, 0.5) is 5.69 Å². The number of ether oxygens (including phenoxy) is 1. The van der Waals surface area contributed by atoms with E-state index in [0.717, 1.165) is 10.6 Å². The Morgan fingerprint density at radius 2 is 2.00 bits per heavy atom. The van der Waals surface area contributed by atoms with Crippen LogP contribution in [-0.4, -0.2) is 41.8 Å². The second-order valence-electron chi connectivity index (χ2n) is 3.69. The Hall–Kier alpha value is -1.76. The number of hydrogen-bond acceptors (Lipinski definition) is 4. The molecule has 1 rings (SSSR count). The summed E-state index contributed by atoms with van der Waals surface area (Å²) in [6.45, 7) is 0. The molecule has 1 amide bonds. The van der Waals surface area contributed by atoms with Crippen molar-refractivity contribution in [1.82, 2.24) is 5.32 Å². The van der Waals surface area contributed by atoms with Gasteiger partial charge in [-0.25, -0.2) is 8.42 Å². The second-order valence-corrected chi connectivity index (χ2v) is 5.71. The topological polar surface area (TPSA) is 75.7 Å². The summed E-state index contributed by atoms with van der Waals surface area (Å²) in [6.07, 6.45) is 1.09. The maximum Gasteiger partial charge on any atom is 0.254 e. The molecule has 0 aromatic heterocycles. The molecule has 0 radical (unpaired) electrons. The fraction of sp³-hybridized carbons (Fsp3) is 0.364. The number of nitrogens with one attached hydrogen (secondary N) is 1. The lowest BCUT2D eigenvalue weighted by atomic mass is 10.1. The molecule has 7 heteroatoms. The zero-order chi connectivity index (χ0) is 13.9. The molecule has 1 N–H and O–H groups in total. The summed E-state index contributed by atoms with van der Waals surface area (Å²) in [6, 6.07) is 4.60. The van der Waals surface area contributed by atoms with Crippen LogP contribution in [0.2, 0.25) is 0 Å². The molecule has 0 heterocycles. The van der Waals surface area contributed by atoms with Crippen LogP contribution in [-0.2, 0) is 10.0 Å². The molecule has 6 nitrogen and oxygen atoms in total. The van der Waals surface area contributed by atoms with E-state index in [0.29, 0.717) is 11.4 Å². The van der Waals surface area contributed by atoms with Crippen molar-refractivity contribution in [3.63, 3.8) is 0 Å². The fourth-order valence-corrected chi connectivity index (χ4v) is 1.89. The third-order valence-electron chi connectivity index (χ3n) is 2.52. The summed E-state index contributed by atoms with van der Waals surface area (Å²) in [4.78, 5) is 11.7. The predicted octanol–water partition coefficient (Wildman–Crippen LogP) is 0.451. The van der Waals surface area contributed by atoms with Crippen LogP contribution in [0.25, 0.3) is 0 Å². The van der Waals surface area contributed by atoms with Gasteiger partial charge in [-0.3, -0.25) is 9.10 Å². The zero-order valence-electron chi connectivity index (χ0n) is 10.7. The Bertz CT molecular complexity index is 554. The highest BCUT2D eigenvalue weighted by molar-refractivity contribution is 7.92. The third-order valence-corrected chi connectivity index (χ3v) is 3.72. The predicted molar refractivity (Wildman–Crippen MR) is 69.6 cm³/mol. The van der Waals surface area contributed by atoms with Crippen LogP contribution in [0.3, 0.4) is 0 Å². The van der Waals surface area contributed by atoms with Gasteiger partial charge >= 0.3 is 0 Å². The molecule has 0 bridgehead atoms. The van der Waals surface area contributed by atoms with Crippen molar-refractivity contribution in [3.8, 4) is 5.75 Å². The normalized spacial score (nSPS) is 10.9. The Labute approximate surface area is 107 Å². The van der Waals surface area contributed by atoms with Crippen molar-refractivity contribution in [2.75, 3.05) is 31.8 Å². The molecule has 18 heavy (non-hydrogen) atoms. The van der Waals surface area contributed by atoms with Crippen LogP contribution >= 0.6 is 0 Å². The zero-order valence-corrected chi connectivity index (χ0v) is 11.5. The van der Waals surface area contributed by atoms with E-state index in [1.165, 1.54) is 27.3 Å². The molecule has 0 saturated carbocycles. The average molecular weight is 272 g/mol. The minimum atomic E-state index is -3.36. The van der Waals surface area contributed by atoms with E-state index >= 15 is 0 Å². The van der Waals surface area contributed by atoms with E-state index in [4.69, 9.17) is 4.74 Å². The molecule has 0 saturated heterocycles. The first kappa shape index (κ1) is 14.3. The molecule has 1 aromatic rings. The maximum atomic E-state index is 11.7. The number of sulfonamides is 1. The van der Waals surface area contributed by atoms with Gasteiger partial charge in [-0.05, 0) is 18.2 Å². The van der Waals surface area contributed by atoms with Crippen LogP contribution in [0, 0.1) is 0 Å². The van der Waals surface area contributed by atoms with Crippen molar-refractivity contribution in [1.29, 1.82) is 0 Å². The number of amides is 1. The highest BCUT2D eigenvalue weighted by atomic mass is 32.2. The Balaban J connectivity index is 3.31. The van der Waals surface area contributed by atoms with Crippen molar-refractivity contribution >= 4 is 21.6 Å². The highest BCUT2D eigenvalue weighted by Gasteiger charge is 2.17. The van der Waals surface area contributed by atoms with Crippen LogP contribution in [0.1, 0.15) is 10.4 Å². The molecular weight excluding hydrogens is 256 g/mol. The van der Waals surface area contributed by atoms with E-state index < -0.39 is 10.0 Å². The monoisotopic (exact) mass is 272 g/mol. The number of nitrogens with zero attached hydrogens (tertiary/aromatic N) is 1. The van der Waals surface area contributed by atoms with Gasteiger partial charge in [0.15, 0.2) is 0 Å². The van der Waals surface area contributed by atoms with E-state index in [2.05, 4.69) is 5.32 Å². The molecule has 0 aliphatic rings. The first-order valence-electron chi connectivity index (χ1n) is 5.15. The minimum Gasteiger partial charge on any atom is -0.496 e. The summed E-state index contributed by atoms with van der Waals surface area (Å²) in [7, 11) is 0.998. The van der Waals surface area contributed by atoms with Gasteiger partial charge in [0, 0.05) is 14.1 Å². The quantitative estimate of drug-likeness (QED) is 0.863. The summed E-state index contributed by atoms with van der Waals surface area (Å²) in [5, 5.41) is 2.47. The summed E-state index contributed by atoms with van der Waals surface area (Å²) in [5.74, 6) is 0.0515. The van der Waals surface area contributed by atoms with E-state index in [9.17, 15) is 13.2 Å². The molecule has 0 aliphatic heterocycles. The molecule has 0 fully saturated rings. The van der Waals surface area contributed by atoms with E-state index in [-0.39, 0.29) is 11.5 Å². The van der Waals surface area contributed by atoms with Gasteiger partial charge in [-0.2, -0.15) is 0 Å². The smallest absolute Gasteiger partial charge is 0.254 e. The van der Waals surface area contributed by atoms with Crippen LogP contribution < -0.4 is 14.4 Å². The second kappa shape index (κ2) is 5.26. The summed E-state index contributed by atoms with van der Waals surface area (Å²) < 4.78 is 29.0. The molecule has 0 atom stereocenters. The third kappa shape index (κ3) is 2.92. The van der Waals surface area contributed by atoms with Gasteiger partial charge in [0.25, 0.3) is 5.91 Å². The van der Waals surface area contributed by atoms with Crippen molar-refractivity contribution in [3.05, 3.63) is 23.8 Å². The largest absolute Gasteiger partial charge is 0.496 e. The van der Waals surface area contributed by atoms with Gasteiger partial charge in [0.1, 0.15) is 5.75 Å². The van der Waals surface area contributed by atoms with Crippen LogP contribution in [0.5, 0.6) is 5.75 Å². The van der Waals surface area contributed by atoms with Crippen molar-refractivity contribution in [2.45, 2.75) is 0 Å². The maximum absolute atomic E-state index is 11.7. The van der Waals surface area contributed by atoms with Crippen molar-refractivity contribution < 1.29 is 17.9 Å². The molecule has 100 valence electrons.